The van der Waals surface area contributed by atoms with E-state index in [0.29, 0.717) is 11.4 Å². The minimum Gasteiger partial charge on any atom is -0.348 e. The lowest BCUT2D eigenvalue weighted by atomic mass is 9.94. The van der Waals surface area contributed by atoms with Crippen LogP contribution in [0.5, 0.6) is 0 Å². The number of amides is 4. The third-order valence-corrected chi connectivity index (χ3v) is 5.18. The predicted molar refractivity (Wildman–Crippen MR) is 105 cm³/mol. The first kappa shape index (κ1) is 21.2. The van der Waals surface area contributed by atoms with Gasteiger partial charge in [-0.1, -0.05) is 56.3 Å². The number of halogens is 1. The van der Waals surface area contributed by atoms with Crippen LogP contribution < -0.4 is 10.6 Å². The fraction of sp³-hybridized carbons (Fsp3) is 0.550. The van der Waals surface area contributed by atoms with Crippen LogP contribution in [0.4, 0.5) is 4.79 Å². The number of rotatable bonds is 9. The number of urea groups is 1. The number of carbonyl (C=O) groups is 3. The molecule has 0 aromatic heterocycles. The normalized spacial score (nSPS) is 20.5. The van der Waals surface area contributed by atoms with Gasteiger partial charge in [-0.3, -0.25) is 14.5 Å². The molecule has 2 rings (SSSR count). The first-order valence-electron chi connectivity index (χ1n) is 9.46. The van der Waals surface area contributed by atoms with Crippen LogP contribution in [0.2, 0.25) is 5.02 Å². The van der Waals surface area contributed by atoms with Crippen LogP contribution in [-0.4, -0.2) is 34.8 Å². The van der Waals surface area contributed by atoms with E-state index in [0.717, 1.165) is 36.1 Å². The van der Waals surface area contributed by atoms with Gasteiger partial charge in [0.15, 0.2) is 0 Å². The zero-order valence-electron chi connectivity index (χ0n) is 16.2. The third kappa shape index (κ3) is 5.45. The van der Waals surface area contributed by atoms with Crippen molar-refractivity contribution < 1.29 is 14.4 Å². The predicted octanol–water partition coefficient (Wildman–Crippen LogP) is 3.80. The van der Waals surface area contributed by atoms with Gasteiger partial charge >= 0.3 is 6.03 Å². The molecule has 0 radical (unpaired) electrons. The quantitative estimate of drug-likeness (QED) is 0.494. The Morgan fingerprint density at radius 2 is 1.89 bits per heavy atom. The molecular formula is C20H28ClN3O3. The van der Waals surface area contributed by atoms with Crippen molar-refractivity contribution in [1.82, 2.24) is 15.5 Å². The van der Waals surface area contributed by atoms with Crippen molar-refractivity contribution >= 4 is 29.4 Å². The van der Waals surface area contributed by atoms with Crippen molar-refractivity contribution in [3.63, 3.8) is 0 Å². The highest BCUT2D eigenvalue weighted by Gasteiger charge is 2.47. The Hall–Kier alpha value is -2.08. The number of imide groups is 1. The van der Waals surface area contributed by atoms with Crippen LogP contribution in [-0.2, 0) is 9.59 Å². The molecule has 0 bridgehead atoms. The number of nitrogens with one attached hydrogen (secondary N) is 2. The summed E-state index contributed by atoms with van der Waals surface area (Å²) in [6.45, 7) is 5.40. The monoisotopic (exact) mass is 393 g/mol. The average Bonchev–Trinajstić information content (AvgIpc) is 2.83. The minimum atomic E-state index is -0.924. The van der Waals surface area contributed by atoms with E-state index in [1.54, 1.807) is 19.1 Å². The molecule has 27 heavy (non-hydrogen) atoms. The molecule has 148 valence electrons. The summed E-state index contributed by atoms with van der Waals surface area (Å²) in [5.41, 5.74) is -0.0295. The topological polar surface area (TPSA) is 78.5 Å². The lowest BCUT2D eigenvalue weighted by Gasteiger charge is -2.22. The summed E-state index contributed by atoms with van der Waals surface area (Å²) in [6.07, 6.45) is 4.68. The van der Waals surface area contributed by atoms with E-state index in [-0.39, 0.29) is 24.4 Å². The highest BCUT2D eigenvalue weighted by Crippen LogP contribution is 2.24. The van der Waals surface area contributed by atoms with Crippen molar-refractivity contribution in [3.8, 4) is 0 Å². The average molecular weight is 394 g/mol. The molecule has 1 heterocycles. The molecule has 1 aromatic rings. The molecule has 0 saturated carbocycles. The Labute approximate surface area is 165 Å². The number of hydrogen-bond donors (Lipinski definition) is 2. The van der Waals surface area contributed by atoms with E-state index < -0.39 is 11.6 Å². The van der Waals surface area contributed by atoms with Gasteiger partial charge in [-0.05, 0) is 38.0 Å². The van der Waals surface area contributed by atoms with Crippen molar-refractivity contribution in [2.24, 2.45) is 0 Å². The standard InChI is InChI=1S/C20H28ClN3O3/c1-4-5-6-7-12-20(3)18(26)24(19(27)23-20)13-17(25)22-14(2)15-8-10-16(21)11-9-15/h8-11,14H,4-7,12-13H2,1-3H3,(H,22,25)(H,23,27). The summed E-state index contributed by atoms with van der Waals surface area (Å²) in [7, 11) is 0. The Bertz CT molecular complexity index is 692. The Morgan fingerprint density at radius 3 is 2.52 bits per heavy atom. The summed E-state index contributed by atoms with van der Waals surface area (Å²) in [4.78, 5) is 38.2. The number of hydrogen-bond acceptors (Lipinski definition) is 3. The maximum Gasteiger partial charge on any atom is 0.325 e. The molecule has 2 N–H and O–H groups in total. The first-order chi connectivity index (χ1) is 12.8. The summed E-state index contributed by atoms with van der Waals surface area (Å²) in [6, 6.07) is 6.40. The number of unbranched alkanes of at least 4 members (excludes halogenated alkanes) is 3. The van der Waals surface area contributed by atoms with Crippen LogP contribution >= 0.6 is 11.6 Å². The summed E-state index contributed by atoms with van der Waals surface area (Å²) >= 11 is 5.87. The molecule has 1 aliphatic rings. The van der Waals surface area contributed by atoms with Gasteiger partial charge in [0.2, 0.25) is 5.91 Å². The lowest BCUT2D eigenvalue weighted by Crippen LogP contribution is -2.45. The molecule has 6 nitrogen and oxygen atoms in total. The van der Waals surface area contributed by atoms with Gasteiger partial charge in [0.25, 0.3) is 5.91 Å². The second-order valence-electron chi connectivity index (χ2n) is 7.30. The lowest BCUT2D eigenvalue weighted by molar-refractivity contribution is -0.135. The molecular weight excluding hydrogens is 366 g/mol. The summed E-state index contributed by atoms with van der Waals surface area (Å²) in [5, 5.41) is 6.18. The number of nitrogens with zero attached hydrogens (tertiary/aromatic N) is 1. The molecule has 2 unspecified atom stereocenters. The Kier molecular flexibility index (Phi) is 7.25. The molecule has 2 atom stereocenters. The summed E-state index contributed by atoms with van der Waals surface area (Å²) < 4.78 is 0. The van der Waals surface area contributed by atoms with Gasteiger partial charge in [0.05, 0.1) is 6.04 Å². The van der Waals surface area contributed by atoms with Crippen molar-refractivity contribution in [2.45, 2.75) is 64.5 Å². The maximum absolute atomic E-state index is 12.7. The fourth-order valence-electron chi connectivity index (χ4n) is 3.23. The zero-order valence-corrected chi connectivity index (χ0v) is 16.9. The molecule has 1 fully saturated rings. The second kappa shape index (κ2) is 9.22. The number of carbonyl (C=O) groups excluding carboxylic acids is 3. The summed E-state index contributed by atoms with van der Waals surface area (Å²) in [5.74, 6) is -0.713. The van der Waals surface area contributed by atoms with Gasteiger partial charge in [-0.15, -0.1) is 0 Å². The van der Waals surface area contributed by atoms with E-state index in [1.165, 1.54) is 0 Å². The van der Waals surface area contributed by atoms with Crippen LogP contribution in [0.3, 0.4) is 0 Å². The van der Waals surface area contributed by atoms with E-state index >= 15 is 0 Å². The van der Waals surface area contributed by atoms with Crippen molar-refractivity contribution in [1.29, 1.82) is 0 Å². The largest absolute Gasteiger partial charge is 0.348 e. The molecule has 0 aliphatic carbocycles. The van der Waals surface area contributed by atoms with Gasteiger partial charge in [0.1, 0.15) is 12.1 Å². The molecule has 1 aliphatic heterocycles. The van der Waals surface area contributed by atoms with Gasteiger partial charge in [-0.2, -0.15) is 0 Å². The first-order valence-corrected chi connectivity index (χ1v) is 9.83. The highest BCUT2D eigenvalue weighted by atomic mass is 35.5. The molecule has 1 saturated heterocycles. The zero-order chi connectivity index (χ0) is 20.0. The molecule has 7 heteroatoms. The minimum absolute atomic E-state index is 0.254. The van der Waals surface area contributed by atoms with E-state index in [4.69, 9.17) is 11.6 Å². The molecule has 4 amide bonds. The van der Waals surface area contributed by atoms with E-state index in [1.807, 2.05) is 19.1 Å². The second-order valence-corrected chi connectivity index (χ2v) is 7.74. The van der Waals surface area contributed by atoms with Crippen LogP contribution in [0, 0.1) is 0 Å². The fourth-order valence-corrected chi connectivity index (χ4v) is 3.36. The van der Waals surface area contributed by atoms with Gasteiger partial charge < -0.3 is 10.6 Å². The van der Waals surface area contributed by atoms with Crippen molar-refractivity contribution in [3.05, 3.63) is 34.9 Å². The maximum atomic E-state index is 12.7. The smallest absolute Gasteiger partial charge is 0.325 e. The molecule has 1 aromatic carbocycles. The Morgan fingerprint density at radius 1 is 1.22 bits per heavy atom. The van der Waals surface area contributed by atoms with Crippen LogP contribution in [0.25, 0.3) is 0 Å². The van der Waals surface area contributed by atoms with Gasteiger partial charge in [0, 0.05) is 5.02 Å². The van der Waals surface area contributed by atoms with Gasteiger partial charge in [-0.25, -0.2) is 4.79 Å². The van der Waals surface area contributed by atoms with E-state index in [9.17, 15) is 14.4 Å². The van der Waals surface area contributed by atoms with Crippen LogP contribution in [0.15, 0.2) is 24.3 Å². The third-order valence-electron chi connectivity index (χ3n) is 4.92. The SMILES string of the molecule is CCCCCCC1(C)NC(=O)N(CC(=O)NC(C)c2ccc(Cl)cc2)C1=O. The highest BCUT2D eigenvalue weighted by molar-refractivity contribution is 6.30. The van der Waals surface area contributed by atoms with E-state index in [2.05, 4.69) is 17.6 Å². The Balaban J connectivity index is 1.91. The number of benzene rings is 1. The molecule has 0 spiro atoms. The van der Waals surface area contributed by atoms with Crippen LogP contribution in [0.1, 0.15) is 64.5 Å². The van der Waals surface area contributed by atoms with Crippen molar-refractivity contribution in [2.75, 3.05) is 6.54 Å².